The van der Waals surface area contributed by atoms with Crippen molar-refractivity contribution in [2.75, 3.05) is 25.7 Å². The maximum absolute atomic E-state index is 13.0. The van der Waals surface area contributed by atoms with Gasteiger partial charge in [-0.1, -0.05) is 24.6 Å². The molecule has 2 aromatic rings. The summed E-state index contributed by atoms with van der Waals surface area (Å²) in [5.74, 6) is 0.930. The van der Waals surface area contributed by atoms with E-state index in [9.17, 15) is 4.79 Å². The van der Waals surface area contributed by atoms with E-state index >= 15 is 0 Å². The van der Waals surface area contributed by atoms with Gasteiger partial charge in [0.15, 0.2) is 11.5 Å². The number of hydrogen-bond donors (Lipinski definition) is 0. The Balaban J connectivity index is 2.40. The van der Waals surface area contributed by atoms with Crippen molar-refractivity contribution >= 4 is 22.9 Å². The van der Waals surface area contributed by atoms with Crippen molar-refractivity contribution in [3.05, 3.63) is 52.4 Å². The van der Waals surface area contributed by atoms with E-state index in [-0.39, 0.29) is 12.0 Å². The summed E-state index contributed by atoms with van der Waals surface area (Å²) >= 11 is 0. The standard InChI is InChI=1S/C24H29NO4/c1-7-20-18-13-21(27-5)22(28-6)14-19(18)23(24(26)29-8-2)16(4)25(20)17-11-9-15(3)10-12-17/h9-14,16H,7-8H2,1-6H3. The van der Waals surface area contributed by atoms with Crippen LogP contribution in [0.1, 0.15) is 32.8 Å². The highest BCUT2D eigenvalue weighted by Crippen LogP contribution is 2.31. The zero-order valence-corrected chi connectivity index (χ0v) is 18.0. The quantitative estimate of drug-likeness (QED) is 0.704. The summed E-state index contributed by atoms with van der Waals surface area (Å²) in [5.41, 5.74) is 3.99. The summed E-state index contributed by atoms with van der Waals surface area (Å²) in [7, 11) is 3.22. The van der Waals surface area contributed by atoms with E-state index in [0.29, 0.717) is 23.7 Å². The fourth-order valence-electron chi connectivity index (χ4n) is 3.99. The van der Waals surface area contributed by atoms with Crippen LogP contribution in [0, 0.1) is 6.92 Å². The number of ether oxygens (including phenoxy) is 3. The van der Waals surface area contributed by atoms with Crippen LogP contribution in [0.2, 0.25) is 0 Å². The first-order valence-electron chi connectivity index (χ1n) is 9.99. The molecule has 154 valence electrons. The fourth-order valence-corrected chi connectivity index (χ4v) is 3.99. The number of fused-ring (bicyclic) bond motifs is 1. The number of benzene rings is 2. The van der Waals surface area contributed by atoms with Gasteiger partial charge < -0.3 is 19.1 Å². The second kappa shape index (κ2) is 8.60. The molecule has 1 aliphatic rings. The van der Waals surface area contributed by atoms with Crippen molar-refractivity contribution in [1.82, 2.24) is 0 Å². The van der Waals surface area contributed by atoms with Gasteiger partial charge in [-0.2, -0.15) is 0 Å². The molecule has 3 rings (SSSR count). The summed E-state index contributed by atoms with van der Waals surface area (Å²) in [5, 5.41) is 1.81. The highest BCUT2D eigenvalue weighted by atomic mass is 16.5. The highest BCUT2D eigenvalue weighted by Gasteiger charge is 2.32. The zero-order chi connectivity index (χ0) is 21.1. The van der Waals surface area contributed by atoms with Crippen molar-refractivity contribution in [2.24, 2.45) is 0 Å². The molecule has 0 aliphatic carbocycles. The van der Waals surface area contributed by atoms with E-state index in [0.717, 1.165) is 28.2 Å². The molecular weight excluding hydrogens is 366 g/mol. The summed E-state index contributed by atoms with van der Waals surface area (Å²) in [4.78, 5) is 15.2. The van der Waals surface area contributed by atoms with E-state index in [1.807, 2.05) is 26.0 Å². The van der Waals surface area contributed by atoms with Gasteiger partial charge in [0, 0.05) is 16.6 Å². The largest absolute Gasteiger partial charge is 0.493 e. The minimum absolute atomic E-state index is 0.183. The molecule has 0 saturated heterocycles. The van der Waals surface area contributed by atoms with Gasteiger partial charge in [0.1, 0.15) is 0 Å². The normalized spacial score (nSPS) is 15.8. The number of rotatable bonds is 6. The van der Waals surface area contributed by atoms with Crippen LogP contribution < -0.4 is 24.8 Å². The Morgan fingerprint density at radius 1 is 1.00 bits per heavy atom. The molecule has 0 fully saturated rings. The maximum Gasteiger partial charge on any atom is 0.336 e. The van der Waals surface area contributed by atoms with E-state index in [2.05, 4.69) is 43.0 Å². The van der Waals surface area contributed by atoms with Crippen LogP contribution >= 0.6 is 0 Å². The predicted molar refractivity (Wildman–Crippen MR) is 116 cm³/mol. The third-order valence-corrected chi connectivity index (χ3v) is 5.36. The number of esters is 1. The molecule has 0 saturated carbocycles. The van der Waals surface area contributed by atoms with Crippen LogP contribution in [-0.4, -0.2) is 32.8 Å². The Morgan fingerprint density at radius 3 is 2.10 bits per heavy atom. The van der Waals surface area contributed by atoms with E-state index < -0.39 is 0 Å². The molecule has 0 radical (unpaired) electrons. The van der Waals surface area contributed by atoms with E-state index in [4.69, 9.17) is 14.2 Å². The zero-order valence-electron chi connectivity index (χ0n) is 18.0. The van der Waals surface area contributed by atoms with Gasteiger partial charge in [-0.25, -0.2) is 4.79 Å². The van der Waals surface area contributed by atoms with Crippen molar-refractivity contribution in [1.29, 1.82) is 0 Å². The first-order chi connectivity index (χ1) is 14.0. The molecule has 1 aliphatic heterocycles. The lowest BCUT2D eigenvalue weighted by atomic mass is 9.94. The van der Waals surface area contributed by atoms with Gasteiger partial charge in [0.2, 0.25) is 0 Å². The van der Waals surface area contributed by atoms with Gasteiger partial charge >= 0.3 is 5.97 Å². The molecule has 0 aromatic heterocycles. The van der Waals surface area contributed by atoms with Crippen molar-refractivity contribution < 1.29 is 19.0 Å². The number of carbonyl (C=O) groups is 1. The van der Waals surface area contributed by atoms with Crippen molar-refractivity contribution in [3.63, 3.8) is 0 Å². The second-order valence-electron chi connectivity index (χ2n) is 7.07. The first-order valence-corrected chi connectivity index (χ1v) is 9.99. The van der Waals surface area contributed by atoms with Crippen molar-refractivity contribution in [3.8, 4) is 11.5 Å². The summed E-state index contributed by atoms with van der Waals surface area (Å²) in [6.07, 6.45) is 0.802. The molecule has 1 heterocycles. The number of methoxy groups -OCH3 is 2. The molecule has 0 bridgehead atoms. The molecule has 1 unspecified atom stereocenters. The lowest BCUT2D eigenvalue weighted by molar-refractivity contribution is -0.136. The van der Waals surface area contributed by atoms with E-state index in [1.54, 1.807) is 14.2 Å². The molecule has 1 atom stereocenters. The number of aryl methyl sites for hydroxylation is 1. The Hall–Kier alpha value is -2.95. The molecule has 5 heteroatoms. The summed E-state index contributed by atoms with van der Waals surface area (Å²) < 4.78 is 16.5. The third-order valence-electron chi connectivity index (χ3n) is 5.36. The summed E-state index contributed by atoms with van der Waals surface area (Å²) in [6.45, 7) is 8.38. The predicted octanol–water partition coefficient (Wildman–Crippen LogP) is 3.15. The molecule has 0 amide bonds. The smallest absolute Gasteiger partial charge is 0.336 e. The average molecular weight is 395 g/mol. The Bertz CT molecular complexity index is 1020. The fraction of sp³-hybridized carbons (Fsp3) is 0.375. The van der Waals surface area contributed by atoms with Crippen LogP contribution in [0.15, 0.2) is 36.4 Å². The molecule has 5 nitrogen and oxygen atoms in total. The topological polar surface area (TPSA) is 48.0 Å². The first kappa shape index (κ1) is 20.8. The number of hydrogen-bond acceptors (Lipinski definition) is 5. The maximum atomic E-state index is 13.0. The SMILES string of the molecule is CCOC(=O)C1=c2cc(OC)c(OC)cc2=C(CC)N(c2ccc(C)cc2)C1C. The van der Waals surface area contributed by atoms with Gasteiger partial charge in [0.05, 0.1) is 32.4 Å². The van der Waals surface area contributed by atoms with E-state index in [1.165, 1.54) is 5.56 Å². The van der Waals surface area contributed by atoms with Gasteiger partial charge in [-0.05, 0) is 56.7 Å². The van der Waals surface area contributed by atoms with Gasteiger partial charge in [-0.15, -0.1) is 0 Å². The molecule has 0 spiro atoms. The van der Waals surface area contributed by atoms with Gasteiger partial charge in [0.25, 0.3) is 0 Å². The third kappa shape index (κ3) is 3.69. The Kier molecular flexibility index (Phi) is 6.16. The van der Waals surface area contributed by atoms with Gasteiger partial charge in [-0.3, -0.25) is 0 Å². The lowest BCUT2D eigenvalue weighted by Crippen LogP contribution is -2.49. The Labute approximate surface area is 172 Å². The summed E-state index contributed by atoms with van der Waals surface area (Å²) in [6, 6.07) is 12.0. The van der Waals surface area contributed by atoms with Crippen LogP contribution in [0.5, 0.6) is 11.5 Å². The second-order valence-corrected chi connectivity index (χ2v) is 7.07. The van der Waals surface area contributed by atoms with Crippen LogP contribution in [0.3, 0.4) is 0 Å². The number of carbonyl (C=O) groups excluding carboxylic acids is 1. The monoisotopic (exact) mass is 395 g/mol. The average Bonchev–Trinajstić information content (AvgIpc) is 2.72. The minimum atomic E-state index is -0.305. The molecule has 2 aromatic carbocycles. The molecule has 29 heavy (non-hydrogen) atoms. The van der Waals surface area contributed by atoms with Crippen LogP contribution in [0.25, 0.3) is 11.3 Å². The Morgan fingerprint density at radius 2 is 1.59 bits per heavy atom. The highest BCUT2D eigenvalue weighted by molar-refractivity contribution is 6.13. The lowest BCUT2D eigenvalue weighted by Gasteiger charge is -2.37. The molecule has 0 N–H and O–H groups in total. The van der Waals surface area contributed by atoms with Crippen LogP contribution in [0.4, 0.5) is 5.69 Å². The molecular formula is C24H29NO4. The van der Waals surface area contributed by atoms with Crippen LogP contribution in [-0.2, 0) is 9.53 Å². The minimum Gasteiger partial charge on any atom is -0.493 e. The van der Waals surface area contributed by atoms with Crippen molar-refractivity contribution in [2.45, 2.75) is 40.2 Å². The number of anilines is 1. The number of nitrogens with zero attached hydrogens (tertiary/aromatic N) is 1.